The second-order valence-electron chi connectivity index (χ2n) is 6.10. The van der Waals surface area contributed by atoms with E-state index in [0.29, 0.717) is 12.2 Å². The lowest BCUT2D eigenvalue weighted by molar-refractivity contribution is 0.101. The molecule has 0 saturated carbocycles. The third kappa shape index (κ3) is 3.77. The number of fused-ring (bicyclic) bond motifs is 1. The number of anilines is 1. The summed E-state index contributed by atoms with van der Waals surface area (Å²) >= 11 is 3.23. The van der Waals surface area contributed by atoms with Crippen LogP contribution in [-0.4, -0.2) is 16.7 Å². The first-order valence-corrected chi connectivity index (χ1v) is 10.5. The van der Waals surface area contributed by atoms with Crippen LogP contribution in [0.25, 0.3) is 10.2 Å². The fourth-order valence-corrected chi connectivity index (χ4v) is 4.29. The monoisotopic (exact) mass is 396 g/mol. The Kier molecular flexibility index (Phi) is 5.01. The number of hydrogen-bond acceptors (Lipinski definition) is 3. The zero-order chi connectivity index (χ0) is 18.8. The van der Waals surface area contributed by atoms with Crippen molar-refractivity contribution in [3.05, 3.63) is 83.1 Å². The van der Waals surface area contributed by atoms with Crippen LogP contribution in [0.15, 0.2) is 70.9 Å². The number of thiophene rings is 1. The van der Waals surface area contributed by atoms with Gasteiger partial charge in [0.2, 0.25) is 0 Å². The predicted octanol–water partition coefficient (Wildman–Crippen LogP) is 5.86. The molecule has 0 aliphatic carbocycles. The molecule has 0 saturated heterocycles. The highest BCUT2D eigenvalue weighted by Crippen LogP contribution is 2.27. The summed E-state index contributed by atoms with van der Waals surface area (Å²) in [5.41, 5.74) is 3.31. The molecule has 2 heterocycles. The number of carbonyl (C=O) groups is 1. The summed E-state index contributed by atoms with van der Waals surface area (Å²) in [5, 5.41) is 5.00. The van der Waals surface area contributed by atoms with Crippen molar-refractivity contribution in [2.75, 3.05) is 11.6 Å². The summed E-state index contributed by atoms with van der Waals surface area (Å²) in [5.74, 6) is -0.419. The maximum absolute atomic E-state index is 13.2. The molecule has 136 valence electrons. The van der Waals surface area contributed by atoms with Gasteiger partial charge in [0.1, 0.15) is 11.5 Å². The minimum Gasteiger partial charge on any atom is -0.331 e. The van der Waals surface area contributed by atoms with Crippen LogP contribution in [0.2, 0.25) is 0 Å². The van der Waals surface area contributed by atoms with Gasteiger partial charge in [-0.1, -0.05) is 18.2 Å². The second kappa shape index (κ2) is 7.58. The van der Waals surface area contributed by atoms with Crippen LogP contribution in [-0.2, 0) is 6.54 Å². The van der Waals surface area contributed by atoms with Crippen LogP contribution in [0.4, 0.5) is 10.1 Å². The van der Waals surface area contributed by atoms with E-state index >= 15 is 0 Å². The van der Waals surface area contributed by atoms with E-state index in [9.17, 15) is 9.18 Å². The van der Waals surface area contributed by atoms with E-state index in [1.54, 1.807) is 35.2 Å². The fourth-order valence-electron chi connectivity index (χ4n) is 3.00. The van der Waals surface area contributed by atoms with Crippen LogP contribution < -0.4 is 5.32 Å². The van der Waals surface area contributed by atoms with E-state index in [1.165, 1.54) is 12.1 Å². The number of thioether (sulfide) groups is 1. The van der Waals surface area contributed by atoms with Gasteiger partial charge >= 0.3 is 0 Å². The lowest BCUT2D eigenvalue weighted by Gasteiger charge is -2.11. The Labute approximate surface area is 164 Å². The van der Waals surface area contributed by atoms with E-state index < -0.39 is 0 Å². The molecule has 27 heavy (non-hydrogen) atoms. The molecule has 0 aliphatic heterocycles. The normalized spacial score (nSPS) is 11.0. The maximum atomic E-state index is 13.2. The van der Waals surface area contributed by atoms with Crippen molar-refractivity contribution in [1.29, 1.82) is 0 Å². The lowest BCUT2D eigenvalue weighted by atomic mass is 10.2. The first-order chi connectivity index (χ1) is 13.1. The molecule has 2 aromatic heterocycles. The number of carbonyl (C=O) groups excluding carboxylic acids is 1. The summed E-state index contributed by atoms with van der Waals surface area (Å²) in [7, 11) is 0. The summed E-state index contributed by atoms with van der Waals surface area (Å²) in [4.78, 5) is 14.0. The zero-order valence-electron chi connectivity index (χ0n) is 14.6. The summed E-state index contributed by atoms with van der Waals surface area (Å²) in [6.07, 6.45) is 2.00. The average Bonchev–Trinajstić information content (AvgIpc) is 3.26. The number of benzene rings is 2. The standard InChI is InChI=1S/C21H17FN2OS2/c1-26-17-4-2-3-16(11-17)23-21(25)19-12-20-18(9-10-27-20)24(19)13-14-5-7-15(22)8-6-14/h2-12H,13H2,1H3,(H,23,25). The molecule has 1 N–H and O–H groups in total. The summed E-state index contributed by atoms with van der Waals surface area (Å²) in [6, 6.07) is 18.1. The predicted molar refractivity (Wildman–Crippen MR) is 111 cm³/mol. The summed E-state index contributed by atoms with van der Waals surface area (Å²) in [6.45, 7) is 0.508. The van der Waals surface area contributed by atoms with Crippen molar-refractivity contribution < 1.29 is 9.18 Å². The molecule has 0 atom stereocenters. The zero-order valence-corrected chi connectivity index (χ0v) is 16.2. The number of halogens is 1. The average molecular weight is 397 g/mol. The molecule has 0 bridgehead atoms. The van der Waals surface area contributed by atoms with Crippen LogP contribution >= 0.6 is 23.1 Å². The largest absolute Gasteiger partial charge is 0.331 e. The van der Waals surface area contributed by atoms with Gasteiger partial charge in [-0.05, 0) is 59.7 Å². The smallest absolute Gasteiger partial charge is 0.272 e. The Hall–Kier alpha value is -2.57. The van der Waals surface area contributed by atoms with Gasteiger partial charge < -0.3 is 9.88 Å². The van der Waals surface area contributed by atoms with Crippen LogP contribution in [0.5, 0.6) is 0 Å². The SMILES string of the molecule is CSc1cccc(NC(=O)c2cc3sccc3n2Cc2ccc(F)cc2)c1. The molecule has 1 amide bonds. The first-order valence-electron chi connectivity index (χ1n) is 8.40. The highest BCUT2D eigenvalue weighted by atomic mass is 32.2. The van der Waals surface area contributed by atoms with Crippen molar-refractivity contribution in [2.45, 2.75) is 11.4 Å². The molecule has 0 spiro atoms. The Balaban J connectivity index is 1.67. The molecule has 3 nitrogen and oxygen atoms in total. The number of nitrogens with zero attached hydrogens (tertiary/aromatic N) is 1. The molecular weight excluding hydrogens is 379 g/mol. The van der Waals surface area contributed by atoms with E-state index in [2.05, 4.69) is 5.32 Å². The van der Waals surface area contributed by atoms with Gasteiger partial charge in [-0.15, -0.1) is 23.1 Å². The van der Waals surface area contributed by atoms with Gasteiger partial charge in [0, 0.05) is 17.1 Å². The third-order valence-corrected chi connectivity index (χ3v) is 5.92. The second-order valence-corrected chi connectivity index (χ2v) is 7.93. The van der Waals surface area contributed by atoms with E-state index in [4.69, 9.17) is 0 Å². The molecule has 0 unspecified atom stereocenters. The van der Waals surface area contributed by atoms with Gasteiger partial charge in [-0.2, -0.15) is 0 Å². The molecule has 0 fully saturated rings. The highest BCUT2D eigenvalue weighted by molar-refractivity contribution is 7.98. The number of nitrogens with one attached hydrogen (secondary N) is 1. The molecule has 2 aromatic carbocycles. The number of aromatic nitrogens is 1. The van der Waals surface area contributed by atoms with Gasteiger partial charge in [-0.25, -0.2) is 4.39 Å². The van der Waals surface area contributed by atoms with Crippen LogP contribution in [0, 0.1) is 5.82 Å². The first kappa shape index (κ1) is 17.8. The minimum absolute atomic E-state index is 0.154. The van der Waals surface area contributed by atoms with Crippen molar-refractivity contribution in [3.8, 4) is 0 Å². The Morgan fingerprint density at radius 3 is 2.74 bits per heavy atom. The van der Waals surface area contributed by atoms with E-state index in [1.807, 2.05) is 52.6 Å². The van der Waals surface area contributed by atoms with Crippen molar-refractivity contribution >= 4 is 44.9 Å². The number of rotatable bonds is 5. The Bertz CT molecular complexity index is 1100. The topological polar surface area (TPSA) is 34.0 Å². The van der Waals surface area contributed by atoms with E-state index in [0.717, 1.165) is 26.4 Å². The van der Waals surface area contributed by atoms with Gasteiger partial charge in [-0.3, -0.25) is 4.79 Å². The highest BCUT2D eigenvalue weighted by Gasteiger charge is 2.17. The molecule has 0 aliphatic rings. The third-order valence-electron chi connectivity index (χ3n) is 4.34. The number of hydrogen-bond donors (Lipinski definition) is 1. The van der Waals surface area contributed by atoms with Crippen LogP contribution in [0.3, 0.4) is 0 Å². The lowest BCUT2D eigenvalue weighted by Crippen LogP contribution is -2.17. The molecule has 6 heteroatoms. The van der Waals surface area contributed by atoms with Gasteiger partial charge in [0.05, 0.1) is 10.2 Å². The van der Waals surface area contributed by atoms with Crippen LogP contribution in [0.1, 0.15) is 16.1 Å². The molecular formula is C21H17FN2OS2. The van der Waals surface area contributed by atoms with Gasteiger partial charge in [0.25, 0.3) is 5.91 Å². The minimum atomic E-state index is -0.265. The summed E-state index contributed by atoms with van der Waals surface area (Å²) < 4.78 is 16.2. The van der Waals surface area contributed by atoms with E-state index in [-0.39, 0.29) is 11.7 Å². The van der Waals surface area contributed by atoms with Crippen molar-refractivity contribution in [1.82, 2.24) is 4.57 Å². The fraction of sp³-hybridized carbons (Fsp3) is 0.0952. The Morgan fingerprint density at radius 2 is 1.96 bits per heavy atom. The number of amides is 1. The molecule has 4 rings (SSSR count). The molecule has 0 radical (unpaired) electrons. The molecule has 4 aromatic rings. The maximum Gasteiger partial charge on any atom is 0.272 e. The van der Waals surface area contributed by atoms with Crippen molar-refractivity contribution in [3.63, 3.8) is 0 Å². The van der Waals surface area contributed by atoms with Crippen molar-refractivity contribution in [2.24, 2.45) is 0 Å². The van der Waals surface area contributed by atoms with Gasteiger partial charge in [0.15, 0.2) is 0 Å². The Morgan fingerprint density at radius 1 is 1.15 bits per heavy atom. The quantitative estimate of drug-likeness (QED) is 0.429.